The lowest BCUT2D eigenvalue weighted by molar-refractivity contribution is 0.589. The molecule has 0 saturated carbocycles. The van der Waals surface area contributed by atoms with Gasteiger partial charge in [0, 0.05) is 16.7 Å². The summed E-state index contributed by atoms with van der Waals surface area (Å²) >= 11 is 5.93. The van der Waals surface area contributed by atoms with Crippen molar-refractivity contribution in [3.05, 3.63) is 69.3 Å². The number of rotatable bonds is 1. The number of hydrogen-bond acceptors (Lipinski definition) is 2. The molecular formula is C19H17ClO2. The molecule has 0 radical (unpaired) electrons. The van der Waals surface area contributed by atoms with Gasteiger partial charge in [-0.15, -0.1) is 0 Å². The zero-order valence-corrected chi connectivity index (χ0v) is 13.6. The van der Waals surface area contributed by atoms with Crippen LogP contribution in [0.5, 0.6) is 0 Å². The zero-order valence-electron chi connectivity index (χ0n) is 12.8. The molecule has 0 atom stereocenters. The molecule has 3 rings (SSSR count). The molecule has 22 heavy (non-hydrogen) atoms. The van der Waals surface area contributed by atoms with Crippen molar-refractivity contribution in [1.29, 1.82) is 0 Å². The predicted molar refractivity (Wildman–Crippen MR) is 91.6 cm³/mol. The molecule has 0 bridgehead atoms. The smallest absolute Gasteiger partial charge is 0.193 e. The number of hydrogen-bond donors (Lipinski definition) is 0. The lowest BCUT2D eigenvalue weighted by Crippen LogP contribution is -2.10. The highest BCUT2D eigenvalue weighted by Gasteiger charge is 2.14. The van der Waals surface area contributed by atoms with E-state index in [1.54, 1.807) is 18.2 Å². The largest absolute Gasteiger partial charge is 0.456 e. The van der Waals surface area contributed by atoms with Crippen molar-refractivity contribution in [2.75, 3.05) is 0 Å². The average molecular weight is 313 g/mol. The molecular weight excluding hydrogens is 296 g/mol. The van der Waals surface area contributed by atoms with Crippen molar-refractivity contribution in [3.63, 3.8) is 0 Å². The summed E-state index contributed by atoms with van der Waals surface area (Å²) in [6.45, 7) is 6.51. The van der Waals surface area contributed by atoms with Gasteiger partial charge in [0.05, 0.1) is 5.39 Å². The van der Waals surface area contributed by atoms with Gasteiger partial charge in [0.1, 0.15) is 11.3 Å². The van der Waals surface area contributed by atoms with Crippen LogP contribution in [0.1, 0.15) is 26.3 Å². The quantitative estimate of drug-likeness (QED) is 0.601. The Morgan fingerprint density at radius 1 is 0.955 bits per heavy atom. The molecule has 0 unspecified atom stereocenters. The average Bonchev–Trinajstić information content (AvgIpc) is 2.47. The Kier molecular flexibility index (Phi) is 3.57. The number of benzene rings is 2. The summed E-state index contributed by atoms with van der Waals surface area (Å²) < 4.78 is 5.85. The minimum Gasteiger partial charge on any atom is -0.456 e. The van der Waals surface area contributed by atoms with Crippen LogP contribution in [0.3, 0.4) is 0 Å². The molecule has 0 aliphatic heterocycles. The van der Waals surface area contributed by atoms with Gasteiger partial charge in [-0.25, -0.2) is 0 Å². The van der Waals surface area contributed by atoms with Gasteiger partial charge in [0.2, 0.25) is 0 Å². The SMILES string of the molecule is CC(C)(C)c1ccc(-c2cc(=O)c3cc(Cl)ccc3o2)cc1. The number of fused-ring (bicyclic) bond motifs is 1. The van der Waals surface area contributed by atoms with Crippen LogP contribution in [-0.4, -0.2) is 0 Å². The van der Waals surface area contributed by atoms with Crippen LogP contribution in [-0.2, 0) is 5.41 Å². The van der Waals surface area contributed by atoms with Crippen molar-refractivity contribution in [2.24, 2.45) is 0 Å². The molecule has 3 aromatic rings. The Morgan fingerprint density at radius 2 is 1.64 bits per heavy atom. The maximum absolute atomic E-state index is 12.2. The summed E-state index contributed by atoms with van der Waals surface area (Å²) in [6.07, 6.45) is 0. The third kappa shape index (κ3) is 2.79. The maximum atomic E-state index is 12.2. The molecule has 0 amide bonds. The van der Waals surface area contributed by atoms with E-state index >= 15 is 0 Å². The summed E-state index contributed by atoms with van der Waals surface area (Å²) in [6, 6.07) is 14.7. The van der Waals surface area contributed by atoms with Gasteiger partial charge >= 0.3 is 0 Å². The van der Waals surface area contributed by atoms with E-state index < -0.39 is 0 Å². The van der Waals surface area contributed by atoms with Gasteiger partial charge in [0.25, 0.3) is 0 Å². The van der Waals surface area contributed by atoms with Crippen molar-refractivity contribution < 1.29 is 4.42 Å². The molecule has 2 nitrogen and oxygen atoms in total. The van der Waals surface area contributed by atoms with Crippen LogP contribution in [0.2, 0.25) is 5.02 Å². The van der Waals surface area contributed by atoms with Gasteiger partial charge in [-0.05, 0) is 29.2 Å². The molecule has 0 saturated heterocycles. The highest BCUT2D eigenvalue weighted by molar-refractivity contribution is 6.31. The van der Waals surface area contributed by atoms with Crippen molar-refractivity contribution in [1.82, 2.24) is 0 Å². The minimum absolute atomic E-state index is 0.0846. The zero-order chi connectivity index (χ0) is 15.9. The molecule has 0 N–H and O–H groups in total. The van der Waals surface area contributed by atoms with Crippen LogP contribution in [0, 0.1) is 0 Å². The van der Waals surface area contributed by atoms with Gasteiger partial charge in [-0.2, -0.15) is 0 Å². The molecule has 0 aliphatic carbocycles. The molecule has 112 valence electrons. The fourth-order valence-corrected chi connectivity index (χ4v) is 2.58. The van der Waals surface area contributed by atoms with Crippen molar-refractivity contribution in [2.45, 2.75) is 26.2 Å². The highest BCUT2D eigenvalue weighted by atomic mass is 35.5. The second-order valence-electron chi connectivity index (χ2n) is 6.44. The lowest BCUT2D eigenvalue weighted by Gasteiger charge is -2.19. The summed E-state index contributed by atoms with van der Waals surface area (Å²) in [5.74, 6) is 0.570. The standard InChI is InChI=1S/C19H17ClO2/c1-19(2,3)13-6-4-12(5-7-13)18-11-16(21)15-10-14(20)8-9-17(15)22-18/h4-11H,1-3H3. The van der Waals surface area contributed by atoms with Crippen LogP contribution < -0.4 is 5.43 Å². The van der Waals surface area contributed by atoms with Crippen molar-refractivity contribution in [3.8, 4) is 11.3 Å². The lowest BCUT2D eigenvalue weighted by atomic mass is 9.86. The maximum Gasteiger partial charge on any atom is 0.193 e. The summed E-state index contributed by atoms with van der Waals surface area (Å²) in [5.41, 5.74) is 2.69. The summed E-state index contributed by atoms with van der Waals surface area (Å²) in [4.78, 5) is 12.2. The minimum atomic E-state index is -0.0846. The van der Waals surface area contributed by atoms with E-state index in [-0.39, 0.29) is 10.8 Å². The third-order valence-corrected chi connectivity index (χ3v) is 3.96. The second-order valence-corrected chi connectivity index (χ2v) is 6.88. The van der Waals surface area contributed by atoms with Gasteiger partial charge in [-0.3, -0.25) is 4.79 Å². The Balaban J connectivity index is 2.11. The first-order valence-electron chi connectivity index (χ1n) is 7.19. The normalized spacial score (nSPS) is 11.8. The Labute approximate surface area is 134 Å². The van der Waals surface area contributed by atoms with E-state index in [9.17, 15) is 4.79 Å². The van der Waals surface area contributed by atoms with E-state index in [0.29, 0.717) is 21.8 Å². The fraction of sp³-hybridized carbons (Fsp3) is 0.211. The van der Waals surface area contributed by atoms with E-state index in [1.807, 2.05) is 12.1 Å². The Hall–Kier alpha value is -2.06. The molecule has 1 aromatic heterocycles. The first-order chi connectivity index (χ1) is 10.3. The second kappa shape index (κ2) is 5.29. The topological polar surface area (TPSA) is 30.2 Å². The molecule has 0 aliphatic rings. The fourth-order valence-electron chi connectivity index (χ4n) is 2.41. The first kappa shape index (κ1) is 14.9. The van der Waals surface area contributed by atoms with Crippen LogP contribution in [0.4, 0.5) is 0 Å². The summed E-state index contributed by atoms with van der Waals surface area (Å²) in [7, 11) is 0. The van der Waals surface area contributed by atoms with Crippen LogP contribution in [0.25, 0.3) is 22.3 Å². The highest BCUT2D eigenvalue weighted by Crippen LogP contribution is 2.27. The van der Waals surface area contributed by atoms with E-state index in [1.165, 1.54) is 11.6 Å². The van der Waals surface area contributed by atoms with E-state index in [2.05, 4.69) is 32.9 Å². The molecule has 0 fully saturated rings. The monoisotopic (exact) mass is 312 g/mol. The van der Waals surface area contributed by atoms with E-state index in [4.69, 9.17) is 16.0 Å². The molecule has 1 heterocycles. The van der Waals surface area contributed by atoms with Crippen LogP contribution >= 0.6 is 11.6 Å². The summed E-state index contributed by atoms with van der Waals surface area (Å²) in [5, 5.41) is 1.03. The van der Waals surface area contributed by atoms with Gasteiger partial charge in [0.15, 0.2) is 5.43 Å². The third-order valence-electron chi connectivity index (χ3n) is 3.72. The van der Waals surface area contributed by atoms with E-state index in [0.717, 1.165) is 5.56 Å². The molecule has 2 aromatic carbocycles. The number of halogens is 1. The molecule has 3 heteroatoms. The first-order valence-corrected chi connectivity index (χ1v) is 7.57. The predicted octanol–water partition coefficient (Wildman–Crippen LogP) is 5.41. The van der Waals surface area contributed by atoms with Crippen molar-refractivity contribution >= 4 is 22.6 Å². The molecule has 0 spiro atoms. The van der Waals surface area contributed by atoms with Gasteiger partial charge < -0.3 is 4.42 Å². The van der Waals surface area contributed by atoms with Crippen LogP contribution in [0.15, 0.2) is 57.7 Å². The Morgan fingerprint density at radius 3 is 2.27 bits per heavy atom. The van der Waals surface area contributed by atoms with Gasteiger partial charge in [-0.1, -0.05) is 56.6 Å². The Bertz CT molecular complexity index is 884.